The number of ether oxygens (including phenoxy) is 1. The summed E-state index contributed by atoms with van der Waals surface area (Å²) in [5.74, 6) is -0.513. The molecule has 7 nitrogen and oxygen atoms in total. The van der Waals surface area contributed by atoms with Crippen molar-refractivity contribution >= 4 is 12.0 Å². The number of hydrogen-bond acceptors (Lipinski definition) is 5. The standard InChI is InChI=1S/C17H25N3O4/c1-12(5-4-10-21)24-17(23)20-9-8-19-11-15(20)13-6-2-3-7-14(13)16(18)22/h2-3,6-7,12,15,19,21H,4-5,8-11H2,1H3,(H2,18,22). The average Bonchev–Trinajstić information content (AvgIpc) is 2.59. The van der Waals surface area contributed by atoms with E-state index in [-0.39, 0.29) is 18.8 Å². The first kappa shape index (κ1) is 18.2. The first-order valence-corrected chi connectivity index (χ1v) is 8.22. The molecule has 0 saturated carbocycles. The van der Waals surface area contributed by atoms with E-state index in [9.17, 15) is 9.59 Å². The fourth-order valence-corrected chi connectivity index (χ4v) is 2.89. The zero-order chi connectivity index (χ0) is 17.5. The maximum atomic E-state index is 12.5. The minimum absolute atomic E-state index is 0.0735. The maximum absolute atomic E-state index is 12.5. The van der Waals surface area contributed by atoms with Crippen LogP contribution in [0.25, 0.3) is 0 Å². The summed E-state index contributed by atoms with van der Waals surface area (Å²) in [7, 11) is 0. The highest BCUT2D eigenvalue weighted by atomic mass is 16.6. The smallest absolute Gasteiger partial charge is 0.410 e. The molecule has 132 valence electrons. The van der Waals surface area contributed by atoms with Gasteiger partial charge in [0.05, 0.1) is 6.04 Å². The van der Waals surface area contributed by atoms with Crippen molar-refractivity contribution < 1.29 is 19.4 Å². The van der Waals surface area contributed by atoms with Crippen LogP contribution < -0.4 is 11.1 Å². The molecule has 1 saturated heterocycles. The zero-order valence-corrected chi connectivity index (χ0v) is 13.9. The van der Waals surface area contributed by atoms with Crippen molar-refractivity contribution in [1.82, 2.24) is 10.2 Å². The van der Waals surface area contributed by atoms with Gasteiger partial charge < -0.3 is 20.9 Å². The van der Waals surface area contributed by atoms with Crippen LogP contribution in [0.5, 0.6) is 0 Å². The van der Waals surface area contributed by atoms with Crippen LogP contribution in [0.4, 0.5) is 4.79 Å². The lowest BCUT2D eigenvalue weighted by Gasteiger charge is -2.37. The predicted molar refractivity (Wildman–Crippen MR) is 89.5 cm³/mol. The highest BCUT2D eigenvalue weighted by Gasteiger charge is 2.31. The van der Waals surface area contributed by atoms with E-state index >= 15 is 0 Å². The number of rotatable bonds is 6. The van der Waals surface area contributed by atoms with Gasteiger partial charge in [0.15, 0.2) is 0 Å². The summed E-state index contributed by atoms with van der Waals surface area (Å²) in [4.78, 5) is 25.8. The molecule has 0 aromatic heterocycles. The van der Waals surface area contributed by atoms with Crippen LogP contribution in [0.3, 0.4) is 0 Å². The van der Waals surface area contributed by atoms with Gasteiger partial charge in [0.1, 0.15) is 6.10 Å². The third kappa shape index (κ3) is 4.46. The molecule has 2 unspecified atom stereocenters. The molecule has 2 amide bonds. The molecule has 1 heterocycles. The Bertz CT molecular complexity index is 579. The van der Waals surface area contributed by atoms with Gasteiger partial charge in [0, 0.05) is 31.8 Å². The predicted octanol–water partition coefficient (Wildman–Crippen LogP) is 1.03. The van der Waals surface area contributed by atoms with Gasteiger partial charge in [-0.25, -0.2) is 4.79 Å². The number of primary amides is 1. The first-order chi connectivity index (χ1) is 11.5. The quantitative estimate of drug-likeness (QED) is 0.720. The van der Waals surface area contributed by atoms with Gasteiger partial charge in [0.2, 0.25) is 5.91 Å². The minimum atomic E-state index is -0.513. The number of aliphatic hydroxyl groups excluding tert-OH is 1. The van der Waals surface area contributed by atoms with E-state index in [1.54, 1.807) is 17.0 Å². The van der Waals surface area contributed by atoms with E-state index in [4.69, 9.17) is 15.6 Å². The van der Waals surface area contributed by atoms with Crippen LogP contribution in [0.2, 0.25) is 0 Å². The second-order valence-corrected chi connectivity index (χ2v) is 5.93. The molecule has 0 bridgehead atoms. The fourth-order valence-electron chi connectivity index (χ4n) is 2.89. The topological polar surface area (TPSA) is 105 Å². The second kappa shape index (κ2) is 8.65. The van der Waals surface area contributed by atoms with E-state index in [0.29, 0.717) is 38.0 Å². The Hall–Kier alpha value is -2.12. The number of carbonyl (C=O) groups excluding carboxylic acids is 2. The van der Waals surface area contributed by atoms with Gasteiger partial charge in [-0.2, -0.15) is 0 Å². The Morgan fingerprint density at radius 3 is 2.92 bits per heavy atom. The van der Waals surface area contributed by atoms with Crippen molar-refractivity contribution in [2.75, 3.05) is 26.2 Å². The van der Waals surface area contributed by atoms with Gasteiger partial charge >= 0.3 is 6.09 Å². The number of nitrogens with two attached hydrogens (primary N) is 1. The maximum Gasteiger partial charge on any atom is 0.410 e. The van der Waals surface area contributed by atoms with E-state index in [2.05, 4.69) is 5.32 Å². The highest BCUT2D eigenvalue weighted by Crippen LogP contribution is 2.26. The SMILES string of the molecule is CC(CCCO)OC(=O)N1CCNCC1c1ccccc1C(N)=O. The Balaban J connectivity index is 2.16. The first-order valence-electron chi connectivity index (χ1n) is 8.22. The summed E-state index contributed by atoms with van der Waals surface area (Å²) in [6.07, 6.45) is 0.513. The van der Waals surface area contributed by atoms with Crippen molar-refractivity contribution in [3.8, 4) is 0 Å². The molecule has 0 radical (unpaired) electrons. The van der Waals surface area contributed by atoms with Crippen molar-refractivity contribution in [1.29, 1.82) is 0 Å². The molecule has 0 spiro atoms. The number of nitrogens with one attached hydrogen (secondary N) is 1. The minimum Gasteiger partial charge on any atom is -0.446 e. The summed E-state index contributed by atoms with van der Waals surface area (Å²) in [5, 5.41) is 12.1. The van der Waals surface area contributed by atoms with Crippen LogP contribution >= 0.6 is 0 Å². The number of aliphatic hydroxyl groups is 1. The highest BCUT2D eigenvalue weighted by molar-refractivity contribution is 5.94. The number of piperazine rings is 1. The largest absolute Gasteiger partial charge is 0.446 e. The molecule has 1 aromatic rings. The van der Waals surface area contributed by atoms with E-state index in [1.165, 1.54) is 0 Å². The Labute approximate surface area is 141 Å². The number of nitrogens with zero attached hydrogens (tertiary/aromatic N) is 1. The number of amides is 2. The molecule has 1 fully saturated rings. The molecular formula is C17H25N3O4. The lowest BCUT2D eigenvalue weighted by Crippen LogP contribution is -2.49. The van der Waals surface area contributed by atoms with Crippen molar-refractivity contribution in [3.05, 3.63) is 35.4 Å². The molecule has 0 aliphatic carbocycles. The van der Waals surface area contributed by atoms with Gasteiger partial charge in [-0.05, 0) is 31.4 Å². The third-order valence-corrected chi connectivity index (χ3v) is 4.13. The van der Waals surface area contributed by atoms with Crippen LogP contribution in [0.1, 0.15) is 41.7 Å². The Kier molecular flexibility index (Phi) is 6.57. The lowest BCUT2D eigenvalue weighted by molar-refractivity contribution is 0.0451. The van der Waals surface area contributed by atoms with Crippen molar-refractivity contribution in [3.63, 3.8) is 0 Å². The van der Waals surface area contributed by atoms with Gasteiger partial charge in [-0.1, -0.05) is 18.2 Å². The molecule has 1 aliphatic heterocycles. The van der Waals surface area contributed by atoms with Crippen LogP contribution in [0, 0.1) is 0 Å². The number of hydrogen-bond donors (Lipinski definition) is 3. The molecular weight excluding hydrogens is 310 g/mol. The van der Waals surface area contributed by atoms with E-state index < -0.39 is 12.0 Å². The van der Waals surface area contributed by atoms with Crippen molar-refractivity contribution in [2.45, 2.75) is 31.9 Å². The number of benzene rings is 1. The molecule has 2 atom stereocenters. The summed E-state index contributed by atoms with van der Waals surface area (Å²) in [6.45, 7) is 3.56. The second-order valence-electron chi connectivity index (χ2n) is 5.93. The Morgan fingerprint density at radius 1 is 1.46 bits per heavy atom. The molecule has 1 aliphatic rings. The normalized spacial score (nSPS) is 18.9. The average molecular weight is 335 g/mol. The van der Waals surface area contributed by atoms with Gasteiger partial charge in [-0.15, -0.1) is 0 Å². The third-order valence-electron chi connectivity index (χ3n) is 4.13. The molecule has 7 heteroatoms. The van der Waals surface area contributed by atoms with Crippen LogP contribution in [0.15, 0.2) is 24.3 Å². The molecule has 24 heavy (non-hydrogen) atoms. The van der Waals surface area contributed by atoms with Crippen LogP contribution in [-0.4, -0.2) is 54.4 Å². The summed E-state index contributed by atoms with van der Waals surface area (Å²) >= 11 is 0. The molecule has 4 N–H and O–H groups in total. The summed E-state index contributed by atoms with van der Waals surface area (Å²) < 4.78 is 5.48. The molecule has 2 rings (SSSR count). The monoisotopic (exact) mass is 335 g/mol. The fraction of sp³-hybridized carbons (Fsp3) is 0.529. The van der Waals surface area contributed by atoms with E-state index in [0.717, 1.165) is 5.56 Å². The summed E-state index contributed by atoms with van der Waals surface area (Å²) in [6, 6.07) is 6.75. The summed E-state index contributed by atoms with van der Waals surface area (Å²) in [5.41, 5.74) is 6.59. The molecule has 1 aromatic carbocycles. The van der Waals surface area contributed by atoms with Crippen molar-refractivity contribution in [2.24, 2.45) is 5.73 Å². The zero-order valence-electron chi connectivity index (χ0n) is 13.9. The van der Waals surface area contributed by atoms with Crippen LogP contribution in [-0.2, 0) is 4.74 Å². The number of carbonyl (C=O) groups is 2. The van der Waals surface area contributed by atoms with Gasteiger partial charge in [-0.3, -0.25) is 9.69 Å². The van der Waals surface area contributed by atoms with Gasteiger partial charge in [0.25, 0.3) is 0 Å². The lowest BCUT2D eigenvalue weighted by atomic mass is 9.97. The van der Waals surface area contributed by atoms with E-state index in [1.807, 2.05) is 19.1 Å². The Morgan fingerprint density at radius 2 is 2.21 bits per heavy atom.